The van der Waals surface area contributed by atoms with Crippen LogP contribution >= 0.6 is 11.6 Å². The number of hydrogen-bond acceptors (Lipinski definition) is 3. The quantitative estimate of drug-likeness (QED) is 0.784. The third-order valence-corrected chi connectivity index (χ3v) is 3.74. The van der Waals surface area contributed by atoms with E-state index in [9.17, 15) is 4.79 Å². The number of hydrogen-bond donors (Lipinski definition) is 1. The Balaban J connectivity index is 1.58. The summed E-state index contributed by atoms with van der Waals surface area (Å²) in [5.74, 6) is -0.178. The van der Waals surface area contributed by atoms with Gasteiger partial charge in [-0.05, 0) is 23.3 Å². The number of carbonyl (C=O) groups excluding carboxylic acids is 1. The minimum absolute atomic E-state index is 0.178. The minimum atomic E-state index is -0.178. The average Bonchev–Trinajstić information content (AvgIpc) is 3.07. The molecule has 116 valence electrons. The maximum absolute atomic E-state index is 12.1. The summed E-state index contributed by atoms with van der Waals surface area (Å²) in [5, 5.41) is 7.39. The molecule has 1 heterocycles. The summed E-state index contributed by atoms with van der Waals surface area (Å²) in [6, 6.07) is 15.0. The van der Waals surface area contributed by atoms with Crippen molar-refractivity contribution >= 4 is 17.5 Å². The summed E-state index contributed by atoms with van der Waals surface area (Å²) in [7, 11) is 0. The van der Waals surface area contributed by atoms with Crippen LogP contribution in [0.3, 0.4) is 0 Å². The SMILES string of the molecule is O=C(NCc1ccc(Cn2cncn2)cc1)c1ccccc1Cl. The van der Waals surface area contributed by atoms with E-state index in [4.69, 9.17) is 11.6 Å². The van der Waals surface area contributed by atoms with Crippen LogP contribution in [0.25, 0.3) is 0 Å². The lowest BCUT2D eigenvalue weighted by Crippen LogP contribution is -2.23. The second-order valence-electron chi connectivity index (χ2n) is 5.07. The molecule has 0 radical (unpaired) electrons. The van der Waals surface area contributed by atoms with Crippen molar-refractivity contribution in [3.63, 3.8) is 0 Å². The molecule has 0 bridgehead atoms. The van der Waals surface area contributed by atoms with E-state index in [0.717, 1.165) is 11.1 Å². The molecule has 5 nitrogen and oxygen atoms in total. The van der Waals surface area contributed by atoms with Crippen LogP contribution in [0.1, 0.15) is 21.5 Å². The number of nitrogens with one attached hydrogen (secondary N) is 1. The van der Waals surface area contributed by atoms with Crippen molar-refractivity contribution in [2.24, 2.45) is 0 Å². The second kappa shape index (κ2) is 7.07. The van der Waals surface area contributed by atoms with Gasteiger partial charge in [0.15, 0.2) is 0 Å². The highest BCUT2D eigenvalue weighted by atomic mass is 35.5. The van der Waals surface area contributed by atoms with Crippen LogP contribution in [0, 0.1) is 0 Å². The van der Waals surface area contributed by atoms with Gasteiger partial charge in [-0.25, -0.2) is 9.67 Å². The van der Waals surface area contributed by atoms with Crippen LogP contribution < -0.4 is 5.32 Å². The van der Waals surface area contributed by atoms with Crippen LogP contribution in [0.4, 0.5) is 0 Å². The molecule has 0 aliphatic heterocycles. The molecule has 1 aromatic heterocycles. The fraction of sp³-hybridized carbons (Fsp3) is 0.118. The molecule has 0 saturated heterocycles. The van der Waals surface area contributed by atoms with Gasteiger partial charge in [0.05, 0.1) is 17.1 Å². The summed E-state index contributed by atoms with van der Waals surface area (Å²) in [4.78, 5) is 16.0. The van der Waals surface area contributed by atoms with Crippen molar-refractivity contribution in [3.05, 3.63) is 82.9 Å². The normalized spacial score (nSPS) is 10.5. The summed E-state index contributed by atoms with van der Waals surface area (Å²) >= 11 is 6.02. The van der Waals surface area contributed by atoms with E-state index in [1.165, 1.54) is 6.33 Å². The van der Waals surface area contributed by atoms with E-state index in [0.29, 0.717) is 23.7 Å². The first-order valence-electron chi connectivity index (χ1n) is 7.15. The Labute approximate surface area is 138 Å². The highest BCUT2D eigenvalue weighted by Gasteiger charge is 2.08. The Morgan fingerprint density at radius 1 is 1.09 bits per heavy atom. The number of amides is 1. The van der Waals surface area contributed by atoms with Gasteiger partial charge in [-0.3, -0.25) is 4.79 Å². The predicted octanol–water partition coefficient (Wildman–Crippen LogP) is 2.91. The molecule has 23 heavy (non-hydrogen) atoms. The molecule has 1 N–H and O–H groups in total. The van der Waals surface area contributed by atoms with Gasteiger partial charge in [0, 0.05) is 6.54 Å². The lowest BCUT2D eigenvalue weighted by molar-refractivity contribution is 0.0951. The monoisotopic (exact) mass is 326 g/mol. The van der Waals surface area contributed by atoms with Crippen LogP contribution in [-0.2, 0) is 13.1 Å². The lowest BCUT2D eigenvalue weighted by atomic mass is 10.1. The largest absolute Gasteiger partial charge is 0.348 e. The van der Waals surface area contributed by atoms with E-state index in [2.05, 4.69) is 15.4 Å². The van der Waals surface area contributed by atoms with Crippen molar-refractivity contribution in [2.75, 3.05) is 0 Å². The van der Waals surface area contributed by atoms with Crippen LogP contribution in [0.5, 0.6) is 0 Å². The molecule has 0 unspecified atom stereocenters. The fourth-order valence-electron chi connectivity index (χ4n) is 2.19. The van der Waals surface area contributed by atoms with E-state index in [1.54, 1.807) is 35.3 Å². The van der Waals surface area contributed by atoms with Gasteiger partial charge in [0.1, 0.15) is 12.7 Å². The maximum atomic E-state index is 12.1. The van der Waals surface area contributed by atoms with Gasteiger partial charge < -0.3 is 5.32 Å². The molecular weight excluding hydrogens is 312 g/mol. The van der Waals surface area contributed by atoms with Crippen molar-refractivity contribution in [1.82, 2.24) is 20.1 Å². The summed E-state index contributed by atoms with van der Waals surface area (Å²) in [5.41, 5.74) is 2.63. The van der Waals surface area contributed by atoms with Gasteiger partial charge in [-0.2, -0.15) is 5.10 Å². The smallest absolute Gasteiger partial charge is 0.253 e. The van der Waals surface area contributed by atoms with Crippen molar-refractivity contribution in [1.29, 1.82) is 0 Å². The topological polar surface area (TPSA) is 59.8 Å². The molecule has 0 spiro atoms. The number of benzene rings is 2. The number of carbonyl (C=O) groups is 1. The van der Waals surface area contributed by atoms with Crippen molar-refractivity contribution in [3.8, 4) is 0 Å². The van der Waals surface area contributed by atoms with Crippen molar-refractivity contribution in [2.45, 2.75) is 13.1 Å². The van der Waals surface area contributed by atoms with E-state index < -0.39 is 0 Å². The molecule has 6 heteroatoms. The minimum Gasteiger partial charge on any atom is -0.348 e. The number of halogens is 1. The first-order chi connectivity index (χ1) is 11.2. The Hall–Kier alpha value is -2.66. The van der Waals surface area contributed by atoms with E-state index in [1.807, 2.05) is 24.3 Å². The average molecular weight is 327 g/mol. The summed E-state index contributed by atoms with van der Waals surface area (Å²) in [6.07, 6.45) is 3.19. The zero-order chi connectivity index (χ0) is 16.1. The summed E-state index contributed by atoms with van der Waals surface area (Å²) < 4.78 is 1.76. The Morgan fingerprint density at radius 2 is 1.83 bits per heavy atom. The van der Waals surface area contributed by atoms with Crippen LogP contribution in [-0.4, -0.2) is 20.7 Å². The molecule has 0 aliphatic rings. The van der Waals surface area contributed by atoms with E-state index in [-0.39, 0.29) is 5.91 Å². The first kappa shape index (κ1) is 15.2. The molecule has 0 fully saturated rings. The Morgan fingerprint density at radius 3 is 2.52 bits per heavy atom. The predicted molar refractivity (Wildman–Crippen MR) is 88.2 cm³/mol. The Kier molecular flexibility index (Phi) is 4.68. The fourth-order valence-corrected chi connectivity index (χ4v) is 2.41. The number of nitrogens with zero attached hydrogens (tertiary/aromatic N) is 3. The van der Waals surface area contributed by atoms with Crippen LogP contribution in [0.15, 0.2) is 61.2 Å². The zero-order valence-electron chi connectivity index (χ0n) is 12.3. The van der Waals surface area contributed by atoms with Gasteiger partial charge in [-0.15, -0.1) is 0 Å². The zero-order valence-corrected chi connectivity index (χ0v) is 13.1. The molecule has 0 saturated carbocycles. The Bertz CT molecular complexity index is 785. The van der Waals surface area contributed by atoms with E-state index >= 15 is 0 Å². The number of aromatic nitrogens is 3. The third-order valence-electron chi connectivity index (χ3n) is 3.41. The molecule has 0 aliphatic carbocycles. The van der Waals surface area contributed by atoms with Gasteiger partial charge >= 0.3 is 0 Å². The van der Waals surface area contributed by atoms with Crippen LogP contribution in [0.2, 0.25) is 5.02 Å². The van der Waals surface area contributed by atoms with Crippen molar-refractivity contribution < 1.29 is 4.79 Å². The lowest BCUT2D eigenvalue weighted by Gasteiger charge is -2.08. The third kappa shape index (κ3) is 3.96. The standard InChI is InChI=1S/C17H15ClN4O/c18-16-4-2-1-3-15(16)17(23)20-9-13-5-7-14(8-6-13)10-22-12-19-11-21-22/h1-8,11-12H,9-10H2,(H,20,23). The molecule has 3 aromatic rings. The molecule has 3 rings (SSSR count). The highest BCUT2D eigenvalue weighted by molar-refractivity contribution is 6.33. The molecular formula is C17H15ClN4O. The first-order valence-corrected chi connectivity index (χ1v) is 7.53. The van der Waals surface area contributed by atoms with Gasteiger partial charge in [0.25, 0.3) is 5.91 Å². The second-order valence-corrected chi connectivity index (χ2v) is 5.48. The van der Waals surface area contributed by atoms with Gasteiger partial charge in [-0.1, -0.05) is 48.0 Å². The van der Waals surface area contributed by atoms with Gasteiger partial charge in [0.2, 0.25) is 0 Å². The summed E-state index contributed by atoms with van der Waals surface area (Å²) in [6.45, 7) is 1.12. The molecule has 2 aromatic carbocycles. The molecule has 0 atom stereocenters. The highest BCUT2D eigenvalue weighted by Crippen LogP contribution is 2.14. The maximum Gasteiger partial charge on any atom is 0.253 e. The molecule has 1 amide bonds. The number of rotatable bonds is 5.